The standard InChI is InChI=1S/C19H29N5/c1-4-15-7-8-19-16(10-15)11-17(22-19)12-21-14(2)24(20)18-6-5-9-23(3)13-18/h7-8,10-11,18,21-22H,2,4-6,9,12-13,20H2,1,3H3. The number of aromatic amines is 1. The molecule has 3 rings (SSSR count). The number of likely N-dealkylation sites (N-methyl/N-ethyl adjacent to an activating group) is 1. The maximum atomic E-state index is 6.27. The Morgan fingerprint density at radius 2 is 2.29 bits per heavy atom. The maximum absolute atomic E-state index is 6.27. The number of benzene rings is 1. The van der Waals surface area contributed by atoms with Crippen molar-refractivity contribution in [1.29, 1.82) is 0 Å². The zero-order valence-electron chi connectivity index (χ0n) is 14.8. The largest absolute Gasteiger partial charge is 0.366 e. The Morgan fingerprint density at radius 1 is 1.46 bits per heavy atom. The van der Waals surface area contributed by atoms with E-state index in [1.165, 1.54) is 22.9 Å². The Morgan fingerprint density at radius 3 is 3.04 bits per heavy atom. The van der Waals surface area contributed by atoms with E-state index in [0.717, 1.165) is 37.4 Å². The van der Waals surface area contributed by atoms with Gasteiger partial charge >= 0.3 is 0 Å². The van der Waals surface area contributed by atoms with E-state index in [0.29, 0.717) is 12.6 Å². The van der Waals surface area contributed by atoms with Crippen LogP contribution in [0.1, 0.15) is 31.0 Å². The second-order valence-electron chi connectivity index (χ2n) is 6.84. The topological polar surface area (TPSA) is 60.3 Å². The highest BCUT2D eigenvalue weighted by Crippen LogP contribution is 2.18. The first-order chi connectivity index (χ1) is 11.6. The molecule has 1 atom stereocenters. The molecule has 1 aliphatic rings. The number of aromatic nitrogens is 1. The quantitative estimate of drug-likeness (QED) is 0.564. The molecule has 130 valence electrons. The molecule has 1 aromatic carbocycles. The molecule has 5 heteroatoms. The minimum atomic E-state index is 0.332. The van der Waals surface area contributed by atoms with E-state index in [-0.39, 0.29) is 0 Å². The molecule has 5 nitrogen and oxygen atoms in total. The summed E-state index contributed by atoms with van der Waals surface area (Å²) < 4.78 is 0. The zero-order valence-corrected chi connectivity index (χ0v) is 14.8. The van der Waals surface area contributed by atoms with Crippen LogP contribution in [0.15, 0.2) is 36.7 Å². The lowest BCUT2D eigenvalue weighted by Crippen LogP contribution is -2.51. The van der Waals surface area contributed by atoms with Crippen molar-refractivity contribution < 1.29 is 0 Å². The highest BCUT2D eigenvalue weighted by molar-refractivity contribution is 5.81. The summed E-state index contributed by atoms with van der Waals surface area (Å²) in [6.07, 6.45) is 3.36. The first kappa shape index (κ1) is 16.9. The van der Waals surface area contributed by atoms with E-state index in [1.807, 2.05) is 0 Å². The lowest BCUT2D eigenvalue weighted by molar-refractivity contribution is 0.134. The first-order valence-corrected chi connectivity index (χ1v) is 8.82. The third-order valence-corrected chi connectivity index (χ3v) is 4.94. The Labute approximate surface area is 144 Å². The number of hydrazine groups is 1. The van der Waals surface area contributed by atoms with Gasteiger partial charge in [0.25, 0.3) is 0 Å². The molecule has 24 heavy (non-hydrogen) atoms. The van der Waals surface area contributed by atoms with Gasteiger partial charge in [-0.05, 0) is 62.0 Å². The van der Waals surface area contributed by atoms with Crippen molar-refractivity contribution in [1.82, 2.24) is 20.2 Å². The lowest BCUT2D eigenvalue weighted by Gasteiger charge is -2.37. The fourth-order valence-corrected chi connectivity index (χ4v) is 3.43. The van der Waals surface area contributed by atoms with E-state index >= 15 is 0 Å². The molecule has 0 spiro atoms. The molecule has 0 saturated carbocycles. The fourth-order valence-electron chi connectivity index (χ4n) is 3.43. The van der Waals surface area contributed by atoms with Gasteiger partial charge in [0, 0.05) is 17.8 Å². The third-order valence-electron chi connectivity index (χ3n) is 4.94. The van der Waals surface area contributed by atoms with Crippen molar-refractivity contribution in [3.63, 3.8) is 0 Å². The molecule has 1 saturated heterocycles. The van der Waals surface area contributed by atoms with Gasteiger partial charge in [-0.2, -0.15) is 0 Å². The highest BCUT2D eigenvalue weighted by Gasteiger charge is 2.22. The van der Waals surface area contributed by atoms with E-state index in [9.17, 15) is 0 Å². The summed E-state index contributed by atoms with van der Waals surface area (Å²) in [6, 6.07) is 9.11. The minimum Gasteiger partial charge on any atom is -0.366 e. The number of hydrogen-bond donors (Lipinski definition) is 3. The number of piperidine rings is 1. The van der Waals surface area contributed by atoms with Crippen molar-refractivity contribution in [3.05, 3.63) is 47.9 Å². The van der Waals surface area contributed by atoms with Gasteiger partial charge in [0.2, 0.25) is 0 Å². The highest BCUT2D eigenvalue weighted by atomic mass is 15.5. The van der Waals surface area contributed by atoms with Gasteiger partial charge < -0.3 is 15.2 Å². The average molecular weight is 327 g/mol. The summed E-state index contributed by atoms with van der Waals surface area (Å²) in [4.78, 5) is 5.78. The summed E-state index contributed by atoms with van der Waals surface area (Å²) in [6.45, 7) is 9.13. The van der Waals surface area contributed by atoms with Crippen molar-refractivity contribution in [3.8, 4) is 0 Å². The molecule has 1 fully saturated rings. The van der Waals surface area contributed by atoms with E-state index in [1.54, 1.807) is 5.01 Å². The van der Waals surface area contributed by atoms with Crippen LogP contribution in [0.2, 0.25) is 0 Å². The minimum absolute atomic E-state index is 0.332. The van der Waals surface area contributed by atoms with E-state index in [4.69, 9.17) is 5.84 Å². The molecule has 0 aliphatic carbocycles. The predicted molar refractivity (Wildman–Crippen MR) is 100 cm³/mol. The van der Waals surface area contributed by atoms with E-state index < -0.39 is 0 Å². The second kappa shape index (κ2) is 7.28. The van der Waals surface area contributed by atoms with Gasteiger partial charge in [-0.25, -0.2) is 5.84 Å². The van der Waals surface area contributed by atoms with Crippen LogP contribution in [0.25, 0.3) is 10.9 Å². The van der Waals surface area contributed by atoms with Gasteiger partial charge in [-0.3, -0.25) is 5.01 Å². The molecule has 2 heterocycles. The van der Waals surface area contributed by atoms with Crippen LogP contribution in [0, 0.1) is 0 Å². The van der Waals surface area contributed by atoms with Crippen molar-refractivity contribution in [2.75, 3.05) is 20.1 Å². The number of nitrogens with one attached hydrogen (secondary N) is 2. The Hall–Kier alpha value is -1.98. The monoisotopic (exact) mass is 327 g/mol. The number of hydrogen-bond acceptors (Lipinski definition) is 4. The summed E-state index contributed by atoms with van der Waals surface area (Å²) in [5.41, 5.74) is 3.68. The van der Waals surface area contributed by atoms with Crippen LogP contribution in [-0.4, -0.2) is 41.1 Å². The van der Waals surface area contributed by atoms with E-state index in [2.05, 4.69) is 60.0 Å². The molecular weight excluding hydrogens is 298 g/mol. The summed E-state index contributed by atoms with van der Waals surface area (Å²) in [7, 11) is 2.14. The normalized spacial score (nSPS) is 18.7. The second-order valence-corrected chi connectivity index (χ2v) is 6.84. The van der Waals surface area contributed by atoms with Crippen LogP contribution in [0.4, 0.5) is 0 Å². The van der Waals surface area contributed by atoms with Crippen molar-refractivity contribution in [2.45, 2.75) is 38.8 Å². The summed E-state index contributed by atoms with van der Waals surface area (Å²) in [5.74, 6) is 7.05. The zero-order chi connectivity index (χ0) is 17.1. The summed E-state index contributed by atoms with van der Waals surface area (Å²) in [5, 5.41) is 6.42. The van der Waals surface area contributed by atoms with Crippen LogP contribution >= 0.6 is 0 Å². The third kappa shape index (κ3) is 3.74. The number of H-pyrrole nitrogens is 1. The molecule has 1 aliphatic heterocycles. The molecule has 0 radical (unpaired) electrons. The average Bonchev–Trinajstić information content (AvgIpc) is 3.00. The lowest BCUT2D eigenvalue weighted by atomic mass is 10.1. The van der Waals surface area contributed by atoms with Crippen LogP contribution in [-0.2, 0) is 13.0 Å². The van der Waals surface area contributed by atoms with Gasteiger partial charge in [-0.1, -0.05) is 19.6 Å². The Kier molecular flexibility index (Phi) is 5.11. The van der Waals surface area contributed by atoms with Crippen LogP contribution < -0.4 is 11.2 Å². The SMILES string of the molecule is C=C(NCc1cc2cc(CC)ccc2[nH]1)N(N)C1CCCN(C)C1. The molecule has 2 aromatic rings. The summed E-state index contributed by atoms with van der Waals surface area (Å²) >= 11 is 0. The molecule has 4 N–H and O–H groups in total. The van der Waals surface area contributed by atoms with Crippen LogP contribution in [0.3, 0.4) is 0 Å². The van der Waals surface area contributed by atoms with Gasteiger partial charge in [-0.15, -0.1) is 0 Å². The van der Waals surface area contributed by atoms with Gasteiger partial charge in [0.1, 0.15) is 5.82 Å². The Balaban J connectivity index is 1.59. The molecule has 1 aromatic heterocycles. The first-order valence-electron chi connectivity index (χ1n) is 8.82. The predicted octanol–water partition coefficient (Wildman–Crippen LogP) is 2.56. The number of likely N-dealkylation sites (tertiary alicyclic amines) is 1. The molecular formula is C19H29N5. The number of nitrogens with zero attached hydrogens (tertiary/aromatic N) is 2. The number of aryl methyl sites for hydroxylation is 1. The molecule has 1 unspecified atom stereocenters. The number of nitrogens with two attached hydrogens (primary N) is 1. The van der Waals surface area contributed by atoms with Gasteiger partial charge in [0.15, 0.2) is 0 Å². The molecule has 0 amide bonds. The smallest absolute Gasteiger partial charge is 0.109 e. The van der Waals surface area contributed by atoms with Crippen molar-refractivity contribution >= 4 is 10.9 Å². The number of rotatable bonds is 6. The Bertz CT molecular complexity index is 705. The van der Waals surface area contributed by atoms with Crippen molar-refractivity contribution in [2.24, 2.45) is 5.84 Å². The number of fused-ring (bicyclic) bond motifs is 1. The van der Waals surface area contributed by atoms with Gasteiger partial charge in [0.05, 0.1) is 12.6 Å². The van der Waals surface area contributed by atoms with Crippen LogP contribution in [0.5, 0.6) is 0 Å². The molecule has 0 bridgehead atoms. The maximum Gasteiger partial charge on any atom is 0.109 e. The fraction of sp³-hybridized carbons (Fsp3) is 0.474.